The lowest BCUT2D eigenvalue weighted by Crippen LogP contribution is -2.23. The van der Waals surface area contributed by atoms with Crippen LogP contribution >= 0.6 is 0 Å². The van der Waals surface area contributed by atoms with Crippen LogP contribution in [0.4, 0.5) is 5.82 Å². The van der Waals surface area contributed by atoms with Crippen LogP contribution in [0.3, 0.4) is 0 Å². The summed E-state index contributed by atoms with van der Waals surface area (Å²) in [5, 5.41) is 8.86. The van der Waals surface area contributed by atoms with Gasteiger partial charge >= 0.3 is 0 Å². The van der Waals surface area contributed by atoms with Crippen LogP contribution in [0.2, 0.25) is 0 Å². The molecule has 0 bridgehead atoms. The van der Waals surface area contributed by atoms with E-state index in [1.54, 1.807) is 6.20 Å². The van der Waals surface area contributed by atoms with E-state index in [2.05, 4.69) is 23.4 Å². The first-order valence-corrected chi connectivity index (χ1v) is 4.73. The Bertz CT molecular complexity index is 282. The Morgan fingerprint density at radius 3 is 2.79 bits per heavy atom. The third-order valence-electron chi connectivity index (χ3n) is 2.05. The van der Waals surface area contributed by atoms with Gasteiger partial charge in [0.15, 0.2) is 0 Å². The highest BCUT2D eigenvalue weighted by Gasteiger charge is 2.02. The van der Waals surface area contributed by atoms with Crippen LogP contribution < -0.4 is 4.90 Å². The van der Waals surface area contributed by atoms with Crippen LogP contribution in [0.5, 0.6) is 0 Å². The van der Waals surface area contributed by atoms with E-state index in [1.807, 2.05) is 18.2 Å². The van der Waals surface area contributed by atoms with E-state index < -0.39 is 0 Å². The van der Waals surface area contributed by atoms with Gasteiger partial charge in [-0.1, -0.05) is 12.1 Å². The van der Waals surface area contributed by atoms with E-state index in [0.29, 0.717) is 0 Å². The highest BCUT2D eigenvalue weighted by Crippen LogP contribution is 2.10. The topological polar surface area (TPSA) is 36.4 Å². The van der Waals surface area contributed by atoms with Gasteiger partial charge in [0.25, 0.3) is 0 Å². The molecular weight excluding hydrogens is 176 g/mol. The molecule has 0 saturated heterocycles. The van der Waals surface area contributed by atoms with E-state index in [0.717, 1.165) is 24.5 Å². The average Bonchev–Trinajstić information content (AvgIpc) is 2.26. The molecule has 1 rings (SSSR count). The lowest BCUT2D eigenvalue weighted by molar-refractivity contribution is 0.281. The number of pyridine rings is 1. The van der Waals surface area contributed by atoms with E-state index in [4.69, 9.17) is 5.11 Å². The number of aliphatic hydroxyl groups excluding tert-OH is 1. The minimum absolute atomic E-state index is 0.0425. The van der Waals surface area contributed by atoms with Crippen LogP contribution in [0, 0.1) is 0 Å². The third-order valence-corrected chi connectivity index (χ3v) is 2.05. The molecule has 0 atom stereocenters. The monoisotopic (exact) mass is 192 g/mol. The highest BCUT2D eigenvalue weighted by molar-refractivity contribution is 5.39. The molecule has 3 heteroatoms. The molecule has 1 aromatic rings. The summed E-state index contributed by atoms with van der Waals surface area (Å²) in [6.07, 6.45) is 3.55. The minimum Gasteiger partial charge on any atom is -0.392 e. The first-order chi connectivity index (χ1) is 6.81. The van der Waals surface area contributed by atoms with Crippen molar-refractivity contribution >= 4 is 5.82 Å². The number of likely N-dealkylation sites (N-methyl/N-ethyl adjacent to an activating group) is 1. The Morgan fingerprint density at radius 1 is 1.57 bits per heavy atom. The zero-order valence-electron chi connectivity index (χ0n) is 8.48. The summed E-state index contributed by atoms with van der Waals surface area (Å²) < 4.78 is 0. The maximum atomic E-state index is 8.86. The molecule has 0 aromatic carbocycles. The summed E-state index contributed by atoms with van der Waals surface area (Å²) >= 11 is 0. The molecule has 76 valence electrons. The van der Waals surface area contributed by atoms with Crippen LogP contribution in [0.1, 0.15) is 12.5 Å². The lowest BCUT2D eigenvalue weighted by Gasteiger charge is -2.19. The molecule has 0 saturated carbocycles. The fraction of sp³-hybridized carbons (Fsp3) is 0.364. The molecule has 1 N–H and O–H groups in total. The molecule has 3 nitrogen and oxygen atoms in total. The number of aromatic nitrogens is 1. The number of nitrogens with zero attached hydrogens (tertiary/aromatic N) is 2. The Hall–Kier alpha value is -1.35. The maximum Gasteiger partial charge on any atom is 0.128 e. The maximum absolute atomic E-state index is 8.86. The van der Waals surface area contributed by atoms with Gasteiger partial charge in [-0.25, -0.2) is 4.98 Å². The van der Waals surface area contributed by atoms with Crippen LogP contribution in [0.15, 0.2) is 31.0 Å². The van der Waals surface area contributed by atoms with Crippen molar-refractivity contribution in [3.8, 4) is 0 Å². The van der Waals surface area contributed by atoms with E-state index in [1.165, 1.54) is 0 Å². The van der Waals surface area contributed by atoms with Gasteiger partial charge in [0.1, 0.15) is 5.82 Å². The first-order valence-electron chi connectivity index (χ1n) is 4.73. The van der Waals surface area contributed by atoms with Crippen LogP contribution in [-0.2, 0) is 6.61 Å². The van der Waals surface area contributed by atoms with Gasteiger partial charge in [0, 0.05) is 19.3 Å². The standard InChI is InChI=1S/C11H16N2O/c1-3-7-13(4-2)11-6-5-10(9-14)8-12-11/h3,5-6,8,14H,1,4,7,9H2,2H3. The third kappa shape index (κ3) is 2.57. The van der Waals surface area contributed by atoms with Gasteiger partial charge in [-0.3, -0.25) is 0 Å². The normalized spacial score (nSPS) is 9.86. The Kier molecular flexibility index (Phi) is 4.13. The average molecular weight is 192 g/mol. The second-order valence-corrected chi connectivity index (χ2v) is 3.01. The zero-order chi connectivity index (χ0) is 10.4. The van der Waals surface area contributed by atoms with Gasteiger partial charge in [-0.2, -0.15) is 0 Å². The predicted octanol–water partition coefficient (Wildman–Crippen LogP) is 1.59. The molecule has 1 aromatic heterocycles. The molecule has 0 aliphatic carbocycles. The van der Waals surface area contributed by atoms with Crippen molar-refractivity contribution in [3.63, 3.8) is 0 Å². The molecule has 0 aliphatic rings. The quantitative estimate of drug-likeness (QED) is 0.720. The molecule has 0 amide bonds. The SMILES string of the molecule is C=CCN(CC)c1ccc(CO)cn1. The number of hydrogen-bond acceptors (Lipinski definition) is 3. The fourth-order valence-electron chi connectivity index (χ4n) is 1.24. The summed E-state index contributed by atoms with van der Waals surface area (Å²) in [5.41, 5.74) is 0.836. The van der Waals surface area contributed by atoms with E-state index in [-0.39, 0.29) is 6.61 Å². The predicted molar refractivity (Wildman–Crippen MR) is 58.2 cm³/mol. The van der Waals surface area contributed by atoms with Gasteiger partial charge in [0.05, 0.1) is 6.61 Å². The fourth-order valence-corrected chi connectivity index (χ4v) is 1.24. The molecule has 0 spiro atoms. The van der Waals surface area contributed by atoms with Crippen molar-refractivity contribution in [1.82, 2.24) is 4.98 Å². The van der Waals surface area contributed by atoms with Crippen molar-refractivity contribution in [2.75, 3.05) is 18.0 Å². The Balaban J connectivity index is 2.77. The zero-order valence-corrected chi connectivity index (χ0v) is 8.48. The second kappa shape index (κ2) is 5.40. The van der Waals surface area contributed by atoms with Crippen LogP contribution in [0.25, 0.3) is 0 Å². The molecule has 0 fully saturated rings. The number of rotatable bonds is 5. The largest absolute Gasteiger partial charge is 0.392 e. The molecular formula is C11H16N2O. The number of aliphatic hydroxyl groups is 1. The van der Waals surface area contributed by atoms with E-state index >= 15 is 0 Å². The van der Waals surface area contributed by atoms with Crippen molar-refractivity contribution in [1.29, 1.82) is 0 Å². The van der Waals surface area contributed by atoms with Crippen molar-refractivity contribution in [2.24, 2.45) is 0 Å². The summed E-state index contributed by atoms with van der Waals surface area (Å²) in [5.74, 6) is 0.921. The smallest absolute Gasteiger partial charge is 0.128 e. The molecule has 0 radical (unpaired) electrons. The van der Waals surface area contributed by atoms with Gasteiger partial charge < -0.3 is 10.0 Å². The van der Waals surface area contributed by atoms with Gasteiger partial charge in [0.2, 0.25) is 0 Å². The van der Waals surface area contributed by atoms with Crippen molar-refractivity contribution in [3.05, 3.63) is 36.5 Å². The van der Waals surface area contributed by atoms with E-state index in [9.17, 15) is 0 Å². The molecule has 1 heterocycles. The summed E-state index contributed by atoms with van der Waals surface area (Å²) in [6.45, 7) is 7.51. The molecule has 0 aliphatic heterocycles. The van der Waals surface area contributed by atoms with Crippen LogP contribution in [-0.4, -0.2) is 23.2 Å². The first kappa shape index (κ1) is 10.7. The van der Waals surface area contributed by atoms with Gasteiger partial charge in [-0.15, -0.1) is 6.58 Å². The second-order valence-electron chi connectivity index (χ2n) is 3.01. The summed E-state index contributed by atoms with van der Waals surface area (Å²) in [4.78, 5) is 6.36. The minimum atomic E-state index is 0.0425. The number of anilines is 1. The highest BCUT2D eigenvalue weighted by atomic mass is 16.3. The van der Waals surface area contributed by atoms with Crippen molar-refractivity contribution < 1.29 is 5.11 Å². The Labute approximate surface area is 84.7 Å². The molecule has 0 unspecified atom stereocenters. The number of hydrogen-bond donors (Lipinski definition) is 1. The molecule has 14 heavy (non-hydrogen) atoms. The lowest BCUT2D eigenvalue weighted by atomic mass is 10.3. The van der Waals surface area contributed by atoms with Crippen molar-refractivity contribution in [2.45, 2.75) is 13.5 Å². The Morgan fingerprint density at radius 2 is 2.36 bits per heavy atom. The summed E-state index contributed by atoms with van der Waals surface area (Å²) in [7, 11) is 0. The summed E-state index contributed by atoms with van der Waals surface area (Å²) in [6, 6.07) is 3.80. The van der Waals surface area contributed by atoms with Gasteiger partial charge in [-0.05, 0) is 18.6 Å².